The van der Waals surface area contributed by atoms with Crippen molar-refractivity contribution in [3.63, 3.8) is 0 Å². The molecule has 0 rings (SSSR count). The molecule has 148 valence electrons. The van der Waals surface area contributed by atoms with Gasteiger partial charge in [-0.1, -0.05) is 12.1 Å². The molecule has 0 aliphatic heterocycles. The molecule has 0 aliphatic carbocycles. The lowest BCUT2D eigenvalue weighted by molar-refractivity contribution is -0.152. The number of rotatable bonds is 10. The molecule has 0 aromatic carbocycles. The quantitative estimate of drug-likeness (QED) is 0.274. The lowest BCUT2D eigenvalue weighted by atomic mass is 10.2. The van der Waals surface area contributed by atoms with Crippen molar-refractivity contribution >= 4 is 18.0 Å². The Balaban J connectivity index is 4.90. The van der Waals surface area contributed by atoms with E-state index in [9.17, 15) is 14.4 Å². The summed E-state index contributed by atoms with van der Waals surface area (Å²) in [6.07, 6.45) is 1.18. The second-order valence-electron chi connectivity index (χ2n) is 6.56. The number of ether oxygens (including phenoxy) is 3. The van der Waals surface area contributed by atoms with E-state index in [-0.39, 0.29) is 12.1 Å². The van der Waals surface area contributed by atoms with Gasteiger partial charge in [-0.05, 0) is 53.0 Å². The van der Waals surface area contributed by atoms with Crippen LogP contribution in [0.3, 0.4) is 0 Å². The second kappa shape index (κ2) is 12.1. The second-order valence-corrected chi connectivity index (χ2v) is 6.56. The van der Waals surface area contributed by atoms with Crippen LogP contribution in [0.1, 0.15) is 56.1 Å². The fourth-order valence-electron chi connectivity index (χ4n) is 1.78. The van der Waals surface area contributed by atoms with Crippen LogP contribution in [-0.4, -0.2) is 42.9 Å². The van der Waals surface area contributed by atoms with Gasteiger partial charge in [0.1, 0.15) is 17.7 Å². The minimum atomic E-state index is -1.29. The maximum atomic E-state index is 12.1. The van der Waals surface area contributed by atoms with E-state index in [4.69, 9.17) is 12.2 Å². The smallest absolute Gasteiger partial charge is 0.408 e. The van der Waals surface area contributed by atoms with Crippen molar-refractivity contribution in [2.75, 3.05) is 7.11 Å². The fourth-order valence-corrected chi connectivity index (χ4v) is 1.78. The Morgan fingerprint density at radius 1 is 1.27 bits per heavy atom. The van der Waals surface area contributed by atoms with Crippen molar-refractivity contribution in [1.82, 2.24) is 5.32 Å². The number of methoxy groups -OCH3 is 1. The SMILES string of the molecule is [2H]/C(CCCC=C)=C(/[2H])[C@@H](C)OC(=O)C[C@H](NC(=O)OC(C)(C)C)C(=O)OC. The summed E-state index contributed by atoms with van der Waals surface area (Å²) in [6, 6.07) is -1.34. The topological polar surface area (TPSA) is 90.9 Å². The maximum absolute atomic E-state index is 12.1. The van der Waals surface area contributed by atoms with E-state index in [0.717, 1.165) is 13.5 Å². The van der Waals surface area contributed by atoms with E-state index in [2.05, 4.69) is 16.6 Å². The summed E-state index contributed by atoms with van der Waals surface area (Å²) in [4.78, 5) is 35.8. The number of allylic oxidation sites excluding steroid dienone is 2. The predicted octanol–water partition coefficient (Wildman–Crippen LogP) is 3.29. The van der Waals surface area contributed by atoms with Crippen molar-refractivity contribution in [1.29, 1.82) is 0 Å². The number of hydrogen-bond acceptors (Lipinski definition) is 6. The van der Waals surface area contributed by atoms with Crippen molar-refractivity contribution in [2.45, 2.75) is 71.1 Å². The van der Waals surface area contributed by atoms with E-state index in [1.165, 1.54) is 6.92 Å². The van der Waals surface area contributed by atoms with Gasteiger partial charge in [-0.25, -0.2) is 9.59 Å². The first-order valence-electron chi connectivity index (χ1n) is 9.45. The van der Waals surface area contributed by atoms with Crippen LogP contribution in [-0.2, 0) is 23.8 Å². The minimum absolute atomic E-state index is 0.0681. The molecule has 0 aromatic rings. The lowest BCUT2D eigenvalue weighted by Gasteiger charge is -2.22. The zero-order valence-corrected chi connectivity index (χ0v) is 16.2. The Morgan fingerprint density at radius 3 is 2.46 bits per heavy atom. The number of hydrogen-bond donors (Lipinski definition) is 1. The van der Waals surface area contributed by atoms with E-state index < -0.39 is 42.2 Å². The summed E-state index contributed by atoms with van der Waals surface area (Å²) in [7, 11) is 1.13. The molecule has 7 nitrogen and oxygen atoms in total. The highest BCUT2D eigenvalue weighted by molar-refractivity contribution is 5.86. The summed E-state index contributed by atoms with van der Waals surface area (Å²) >= 11 is 0. The monoisotopic (exact) mass is 371 g/mol. The third-order valence-electron chi connectivity index (χ3n) is 2.87. The summed E-state index contributed by atoms with van der Waals surface area (Å²) in [5.41, 5.74) is -0.777. The van der Waals surface area contributed by atoms with Crippen LogP contribution < -0.4 is 5.32 Å². The van der Waals surface area contributed by atoms with E-state index in [1.807, 2.05) is 0 Å². The first-order chi connectivity index (χ1) is 12.9. The maximum Gasteiger partial charge on any atom is 0.408 e. The summed E-state index contributed by atoms with van der Waals surface area (Å²) in [6.45, 7) is 10.0. The van der Waals surface area contributed by atoms with Crippen molar-refractivity contribution in [3.05, 3.63) is 24.8 Å². The normalized spacial score (nSPS) is 15.4. The van der Waals surface area contributed by atoms with Gasteiger partial charge in [0, 0.05) is 0 Å². The number of alkyl carbamates (subject to hydrolysis) is 1. The van der Waals surface area contributed by atoms with Crippen molar-refractivity contribution in [3.8, 4) is 0 Å². The van der Waals surface area contributed by atoms with Gasteiger partial charge in [0.05, 0.1) is 16.3 Å². The number of nitrogens with one attached hydrogen (secondary N) is 1. The summed E-state index contributed by atoms with van der Waals surface area (Å²) < 4.78 is 30.6. The average Bonchev–Trinajstić information content (AvgIpc) is 2.57. The molecular weight excluding hydrogens is 338 g/mol. The molecule has 1 amide bonds. The number of carbonyl (C=O) groups excluding carboxylic acids is 3. The Bertz CT molecular complexity index is 598. The molecule has 1 N–H and O–H groups in total. The van der Waals surface area contributed by atoms with Crippen LogP contribution in [0.25, 0.3) is 0 Å². The van der Waals surface area contributed by atoms with Gasteiger partial charge in [-0.3, -0.25) is 4.79 Å². The van der Waals surface area contributed by atoms with Crippen molar-refractivity contribution < 1.29 is 31.3 Å². The van der Waals surface area contributed by atoms with Crippen LogP contribution in [0.4, 0.5) is 4.79 Å². The molecule has 0 bridgehead atoms. The largest absolute Gasteiger partial charge is 0.467 e. The Hall–Kier alpha value is -2.31. The van der Waals surface area contributed by atoms with Crippen molar-refractivity contribution in [2.24, 2.45) is 0 Å². The zero-order chi connectivity index (χ0) is 21.9. The predicted molar refractivity (Wildman–Crippen MR) is 98.5 cm³/mol. The van der Waals surface area contributed by atoms with Crippen LogP contribution in [0.2, 0.25) is 0 Å². The van der Waals surface area contributed by atoms with Gasteiger partial charge in [0.2, 0.25) is 0 Å². The third kappa shape index (κ3) is 12.1. The molecule has 0 aliphatic rings. The van der Waals surface area contributed by atoms with Gasteiger partial charge >= 0.3 is 18.0 Å². The molecule has 0 unspecified atom stereocenters. The molecule has 0 spiro atoms. The summed E-state index contributed by atoms with van der Waals surface area (Å²) in [5, 5.41) is 2.27. The summed E-state index contributed by atoms with van der Waals surface area (Å²) in [5.74, 6) is -1.65. The molecule has 0 radical (unpaired) electrons. The lowest BCUT2D eigenvalue weighted by Crippen LogP contribution is -2.45. The molecule has 0 heterocycles. The highest BCUT2D eigenvalue weighted by Crippen LogP contribution is 2.08. The van der Waals surface area contributed by atoms with Gasteiger partial charge in [0.15, 0.2) is 0 Å². The highest BCUT2D eigenvalue weighted by Gasteiger charge is 2.28. The number of esters is 2. The highest BCUT2D eigenvalue weighted by atomic mass is 16.6. The van der Waals surface area contributed by atoms with Crippen LogP contribution in [0, 0.1) is 0 Å². The number of unbranched alkanes of at least 4 members (excludes halogenated alkanes) is 1. The van der Waals surface area contributed by atoms with Gasteiger partial charge < -0.3 is 19.5 Å². The minimum Gasteiger partial charge on any atom is -0.467 e. The molecule has 0 saturated heterocycles. The molecule has 2 atom stereocenters. The molecule has 26 heavy (non-hydrogen) atoms. The van der Waals surface area contributed by atoms with E-state index in [1.54, 1.807) is 26.8 Å². The standard InChI is InChI=1S/C19H31NO6/c1-7-8-9-10-11-12-14(2)25-16(21)13-15(17(22)24-6)20-18(23)26-19(3,4)5/h7,11-12,14-15H,1,8-10,13H2,2-6H3,(H,20,23)/b12-11+/t14-,15+/m1/s1/i11D,12D. The van der Waals surface area contributed by atoms with Crippen LogP contribution in [0.15, 0.2) is 24.8 Å². The van der Waals surface area contributed by atoms with Crippen LogP contribution in [0.5, 0.6) is 0 Å². The zero-order valence-electron chi connectivity index (χ0n) is 18.2. The number of carbonyl (C=O) groups is 3. The number of amides is 1. The fraction of sp³-hybridized carbons (Fsp3) is 0.632. The van der Waals surface area contributed by atoms with Gasteiger partial charge in [0.25, 0.3) is 0 Å². The van der Waals surface area contributed by atoms with Gasteiger partial charge in [-0.15, -0.1) is 6.58 Å². The van der Waals surface area contributed by atoms with Gasteiger partial charge in [-0.2, -0.15) is 0 Å². The molecule has 0 aromatic heterocycles. The first-order valence-corrected chi connectivity index (χ1v) is 8.45. The molecular formula is C19H31NO6. The van der Waals surface area contributed by atoms with E-state index >= 15 is 0 Å². The molecule has 7 heteroatoms. The van der Waals surface area contributed by atoms with E-state index in [0.29, 0.717) is 12.8 Å². The molecule has 0 fully saturated rings. The Morgan fingerprint density at radius 2 is 1.92 bits per heavy atom. The average molecular weight is 371 g/mol. The Labute approximate surface area is 158 Å². The third-order valence-corrected chi connectivity index (χ3v) is 2.87. The van der Waals surface area contributed by atoms with Crippen LogP contribution >= 0.6 is 0 Å². The Kier molecular flexibility index (Phi) is 9.32. The molecule has 0 saturated carbocycles. The first kappa shape index (κ1) is 20.0.